The molecule has 0 unspecified atom stereocenters. The van der Waals surface area contributed by atoms with Gasteiger partial charge in [-0.3, -0.25) is 14.9 Å². The van der Waals surface area contributed by atoms with E-state index in [1.54, 1.807) is 31.3 Å². The summed E-state index contributed by atoms with van der Waals surface area (Å²) in [6.07, 6.45) is 0. The molecule has 2 aromatic carbocycles. The first kappa shape index (κ1) is 16.3. The quantitative estimate of drug-likeness (QED) is 0.620. The van der Waals surface area contributed by atoms with Crippen LogP contribution in [0.4, 0.5) is 5.69 Å². The number of rotatable bonds is 4. The summed E-state index contributed by atoms with van der Waals surface area (Å²) in [4.78, 5) is 24.0. The summed E-state index contributed by atoms with van der Waals surface area (Å²) in [5.74, 6) is -0.223. The molecule has 2 aromatic rings. The van der Waals surface area contributed by atoms with Gasteiger partial charge in [0, 0.05) is 41.3 Å². The van der Waals surface area contributed by atoms with Crippen molar-refractivity contribution in [1.82, 2.24) is 4.90 Å². The molecule has 0 heterocycles. The second kappa shape index (κ2) is 6.77. The average molecular weight is 339 g/mol. The smallest absolute Gasteiger partial charge is 0.269 e. The van der Waals surface area contributed by atoms with E-state index in [0.717, 1.165) is 0 Å². The zero-order valence-electron chi connectivity index (χ0n) is 11.6. The molecular weight excluding hydrogens is 327 g/mol. The van der Waals surface area contributed by atoms with Crippen LogP contribution < -0.4 is 0 Å². The summed E-state index contributed by atoms with van der Waals surface area (Å²) in [5.41, 5.74) is 0.931. The van der Waals surface area contributed by atoms with Gasteiger partial charge in [-0.05, 0) is 35.9 Å². The van der Waals surface area contributed by atoms with E-state index in [9.17, 15) is 14.9 Å². The van der Waals surface area contributed by atoms with Gasteiger partial charge in [-0.1, -0.05) is 23.2 Å². The molecule has 0 atom stereocenters. The van der Waals surface area contributed by atoms with Crippen LogP contribution in [0.2, 0.25) is 10.0 Å². The number of carbonyl (C=O) groups excluding carboxylic acids is 1. The van der Waals surface area contributed by atoms with Crippen LogP contribution in [0, 0.1) is 10.1 Å². The first-order valence-corrected chi connectivity index (χ1v) is 7.08. The van der Waals surface area contributed by atoms with Crippen LogP contribution in [0.15, 0.2) is 42.5 Å². The van der Waals surface area contributed by atoms with E-state index in [1.807, 2.05) is 0 Å². The normalized spacial score (nSPS) is 10.3. The minimum Gasteiger partial charge on any atom is -0.337 e. The molecule has 0 fully saturated rings. The molecule has 0 saturated carbocycles. The van der Waals surface area contributed by atoms with Crippen molar-refractivity contribution >= 4 is 34.8 Å². The van der Waals surface area contributed by atoms with Crippen LogP contribution in [-0.2, 0) is 6.54 Å². The molecular formula is C15H12Cl2N2O3. The van der Waals surface area contributed by atoms with Crippen LogP contribution in [0.25, 0.3) is 0 Å². The molecule has 114 valence electrons. The third-order valence-corrected chi connectivity index (χ3v) is 3.71. The first-order chi connectivity index (χ1) is 10.4. The minimum absolute atomic E-state index is 0.0632. The molecule has 0 aliphatic carbocycles. The van der Waals surface area contributed by atoms with Crippen LogP contribution >= 0.6 is 23.2 Å². The van der Waals surface area contributed by atoms with Gasteiger partial charge in [0.1, 0.15) is 0 Å². The number of benzene rings is 2. The monoisotopic (exact) mass is 338 g/mol. The van der Waals surface area contributed by atoms with Crippen molar-refractivity contribution in [3.05, 3.63) is 73.8 Å². The van der Waals surface area contributed by atoms with Crippen molar-refractivity contribution < 1.29 is 9.72 Å². The van der Waals surface area contributed by atoms with Crippen molar-refractivity contribution in [2.75, 3.05) is 7.05 Å². The topological polar surface area (TPSA) is 63.4 Å². The van der Waals surface area contributed by atoms with Gasteiger partial charge in [0.15, 0.2) is 0 Å². The molecule has 0 N–H and O–H groups in total. The van der Waals surface area contributed by atoms with E-state index < -0.39 is 4.92 Å². The summed E-state index contributed by atoms with van der Waals surface area (Å²) in [7, 11) is 1.60. The van der Waals surface area contributed by atoms with E-state index in [-0.39, 0.29) is 18.1 Å². The molecule has 0 aliphatic rings. The number of carbonyl (C=O) groups is 1. The summed E-state index contributed by atoms with van der Waals surface area (Å²) in [6, 6.07) is 10.6. The highest BCUT2D eigenvalue weighted by Crippen LogP contribution is 2.23. The maximum Gasteiger partial charge on any atom is 0.269 e. The van der Waals surface area contributed by atoms with Gasteiger partial charge in [-0.15, -0.1) is 0 Å². The highest BCUT2D eigenvalue weighted by atomic mass is 35.5. The average Bonchev–Trinajstić information content (AvgIpc) is 2.49. The number of hydrogen-bond acceptors (Lipinski definition) is 3. The number of hydrogen-bond donors (Lipinski definition) is 0. The van der Waals surface area contributed by atoms with Crippen LogP contribution in [0.5, 0.6) is 0 Å². The molecule has 0 aliphatic heterocycles. The summed E-state index contributed by atoms with van der Waals surface area (Å²) < 4.78 is 0. The van der Waals surface area contributed by atoms with Gasteiger partial charge in [-0.2, -0.15) is 0 Å². The molecule has 0 bridgehead atoms. The number of nitrogens with zero attached hydrogens (tertiary/aromatic N) is 2. The summed E-state index contributed by atoms with van der Waals surface area (Å²) in [5, 5.41) is 11.7. The van der Waals surface area contributed by atoms with Gasteiger partial charge in [-0.25, -0.2) is 0 Å². The maximum atomic E-state index is 12.3. The molecule has 22 heavy (non-hydrogen) atoms. The molecule has 2 rings (SSSR count). The SMILES string of the molecule is CN(Cc1cc([N+](=O)[O-])ccc1Cl)C(=O)c1ccc(Cl)cc1. The second-order valence-corrected chi connectivity index (χ2v) is 5.54. The van der Waals surface area contributed by atoms with Gasteiger partial charge in [0.05, 0.1) is 4.92 Å². The van der Waals surface area contributed by atoms with Crippen LogP contribution in [0.1, 0.15) is 15.9 Å². The van der Waals surface area contributed by atoms with Gasteiger partial charge < -0.3 is 4.90 Å². The predicted octanol–water partition coefficient (Wildman–Crippen LogP) is 4.17. The third kappa shape index (κ3) is 3.75. The Bertz CT molecular complexity index is 717. The lowest BCUT2D eigenvalue weighted by molar-refractivity contribution is -0.384. The fraction of sp³-hybridized carbons (Fsp3) is 0.133. The lowest BCUT2D eigenvalue weighted by atomic mass is 10.1. The van der Waals surface area contributed by atoms with Crippen molar-refractivity contribution in [1.29, 1.82) is 0 Å². The van der Waals surface area contributed by atoms with Crippen molar-refractivity contribution in [3.8, 4) is 0 Å². The number of nitro groups is 1. The number of nitro benzene ring substituents is 1. The minimum atomic E-state index is -0.499. The largest absolute Gasteiger partial charge is 0.337 e. The second-order valence-electron chi connectivity index (χ2n) is 4.70. The first-order valence-electron chi connectivity index (χ1n) is 6.32. The molecule has 1 amide bonds. The van der Waals surface area contributed by atoms with E-state index in [1.165, 1.54) is 23.1 Å². The Morgan fingerprint density at radius 3 is 2.41 bits per heavy atom. The third-order valence-electron chi connectivity index (χ3n) is 3.09. The number of halogens is 2. The predicted molar refractivity (Wildman–Crippen MR) is 85.4 cm³/mol. The van der Waals surface area contributed by atoms with E-state index >= 15 is 0 Å². The van der Waals surface area contributed by atoms with E-state index in [2.05, 4.69) is 0 Å². The fourth-order valence-electron chi connectivity index (χ4n) is 1.94. The Morgan fingerprint density at radius 2 is 1.82 bits per heavy atom. The molecule has 0 radical (unpaired) electrons. The lowest BCUT2D eigenvalue weighted by Crippen LogP contribution is -2.26. The van der Waals surface area contributed by atoms with Crippen molar-refractivity contribution in [2.45, 2.75) is 6.54 Å². The van der Waals surface area contributed by atoms with Gasteiger partial charge in [0.2, 0.25) is 0 Å². The Balaban J connectivity index is 2.19. The Labute approximate surface area is 137 Å². The van der Waals surface area contributed by atoms with Crippen LogP contribution in [0.3, 0.4) is 0 Å². The zero-order valence-corrected chi connectivity index (χ0v) is 13.1. The highest BCUT2D eigenvalue weighted by molar-refractivity contribution is 6.31. The summed E-state index contributed by atoms with van der Waals surface area (Å²) >= 11 is 11.8. The Morgan fingerprint density at radius 1 is 1.18 bits per heavy atom. The molecule has 0 aromatic heterocycles. The Hall–Kier alpha value is -2.11. The van der Waals surface area contributed by atoms with Crippen molar-refractivity contribution in [3.63, 3.8) is 0 Å². The molecule has 5 nitrogen and oxygen atoms in total. The summed E-state index contributed by atoms with van der Waals surface area (Å²) in [6.45, 7) is 0.169. The van der Waals surface area contributed by atoms with E-state index in [4.69, 9.17) is 23.2 Å². The van der Waals surface area contributed by atoms with Gasteiger partial charge >= 0.3 is 0 Å². The number of non-ortho nitro benzene ring substituents is 1. The van der Waals surface area contributed by atoms with Crippen molar-refractivity contribution in [2.24, 2.45) is 0 Å². The maximum absolute atomic E-state index is 12.3. The molecule has 7 heteroatoms. The molecule has 0 spiro atoms. The fourth-order valence-corrected chi connectivity index (χ4v) is 2.24. The van der Waals surface area contributed by atoms with Gasteiger partial charge in [0.25, 0.3) is 11.6 Å². The van der Waals surface area contributed by atoms with E-state index in [0.29, 0.717) is 21.2 Å². The number of amides is 1. The Kier molecular flexibility index (Phi) is 5.00. The lowest BCUT2D eigenvalue weighted by Gasteiger charge is -2.18. The van der Waals surface area contributed by atoms with Crippen LogP contribution in [-0.4, -0.2) is 22.8 Å². The highest BCUT2D eigenvalue weighted by Gasteiger charge is 2.16. The zero-order chi connectivity index (χ0) is 16.3. The standard InChI is InChI=1S/C15H12Cl2N2O3/c1-18(15(20)10-2-4-12(16)5-3-10)9-11-8-13(19(21)22)6-7-14(11)17/h2-8H,9H2,1H3. The molecule has 0 saturated heterocycles.